The Kier molecular flexibility index (Phi) is 4.15. The summed E-state index contributed by atoms with van der Waals surface area (Å²) in [6.07, 6.45) is 0.378. The van der Waals surface area contributed by atoms with Gasteiger partial charge in [0.2, 0.25) is 0 Å². The number of hydrogen-bond acceptors (Lipinski definition) is 3. The lowest BCUT2D eigenvalue weighted by Crippen LogP contribution is -2.25. The predicted octanol–water partition coefficient (Wildman–Crippen LogP) is 2.67. The van der Waals surface area contributed by atoms with Crippen LogP contribution in [0.25, 0.3) is 0 Å². The highest BCUT2D eigenvalue weighted by atomic mass is 14.5. The molecule has 0 spiro atoms. The summed E-state index contributed by atoms with van der Waals surface area (Å²) >= 11 is 0. The Balaban J connectivity index is 2.39. The first-order valence-corrected chi connectivity index (χ1v) is 6.40. The van der Waals surface area contributed by atoms with Crippen LogP contribution in [0.5, 0.6) is 0 Å². The van der Waals surface area contributed by atoms with Crippen LogP contribution in [0.3, 0.4) is 0 Å². The lowest BCUT2D eigenvalue weighted by atomic mass is 9.78. The van der Waals surface area contributed by atoms with E-state index in [9.17, 15) is 10.5 Å². The third-order valence-electron chi connectivity index (χ3n) is 3.38. The van der Waals surface area contributed by atoms with Gasteiger partial charge in [0.25, 0.3) is 0 Å². The Hall–Kier alpha value is -2.62. The minimum atomic E-state index is -1.16. The molecule has 2 N–H and O–H groups in total. The summed E-state index contributed by atoms with van der Waals surface area (Å²) in [7, 11) is 0. The zero-order valence-corrected chi connectivity index (χ0v) is 11.1. The summed E-state index contributed by atoms with van der Waals surface area (Å²) in [6, 6.07) is 21.3. The summed E-state index contributed by atoms with van der Waals surface area (Å²) in [5.41, 5.74) is 7.08. The van der Waals surface area contributed by atoms with Crippen molar-refractivity contribution in [1.82, 2.24) is 0 Å². The van der Waals surface area contributed by atoms with Gasteiger partial charge in [-0.25, -0.2) is 0 Å². The Bertz CT molecular complexity index is 631. The molecule has 2 aromatic carbocycles. The monoisotopic (exact) mass is 261 g/mol. The van der Waals surface area contributed by atoms with Gasteiger partial charge in [-0.3, -0.25) is 0 Å². The highest BCUT2D eigenvalue weighted by Gasteiger charge is 2.32. The van der Waals surface area contributed by atoms with Crippen LogP contribution < -0.4 is 5.73 Å². The van der Waals surface area contributed by atoms with E-state index in [1.165, 1.54) is 0 Å². The minimum Gasteiger partial charge on any atom is -0.326 e. The number of hydrogen-bond donors (Lipinski definition) is 1. The summed E-state index contributed by atoms with van der Waals surface area (Å²) in [6.45, 7) is 0.449. The van der Waals surface area contributed by atoms with Gasteiger partial charge >= 0.3 is 0 Å². The topological polar surface area (TPSA) is 73.6 Å². The minimum absolute atomic E-state index is 0.378. The predicted molar refractivity (Wildman–Crippen MR) is 77.4 cm³/mol. The molecule has 98 valence electrons. The molecule has 0 aromatic heterocycles. The summed E-state index contributed by atoms with van der Waals surface area (Å²) < 4.78 is 0. The van der Waals surface area contributed by atoms with Gasteiger partial charge in [0, 0.05) is 13.0 Å². The van der Waals surface area contributed by atoms with Crippen molar-refractivity contribution in [3.8, 4) is 12.1 Å². The van der Waals surface area contributed by atoms with Gasteiger partial charge in [0.1, 0.15) is 0 Å². The Morgan fingerprint density at radius 1 is 0.850 bits per heavy atom. The number of rotatable bonds is 4. The van der Waals surface area contributed by atoms with Crippen molar-refractivity contribution < 1.29 is 0 Å². The standard InChI is InChI=1S/C17H15N3/c18-11-15-6-8-16(9-7-15)17(12-19,13-20)10-14-4-2-1-3-5-14/h1-9H,10-11,18H2. The fraction of sp³-hybridized carbons (Fsp3) is 0.176. The van der Waals surface area contributed by atoms with Gasteiger partial charge in [-0.15, -0.1) is 0 Å². The van der Waals surface area contributed by atoms with Gasteiger partial charge in [0.05, 0.1) is 12.1 Å². The zero-order chi connectivity index (χ0) is 14.4. The van der Waals surface area contributed by atoms with Crippen LogP contribution in [0.1, 0.15) is 16.7 Å². The molecule has 2 aromatic rings. The lowest BCUT2D eigenvalue weighted by Gasteiger charge is -2.19. The maximum Gasteiger partial charge on any atom is 0.172 e. The molecule has 0 saturated heterocycles. The van der Waals surface area contributed by atoms with E-state index in [-0.39, 0.29) is 0 Å². The molecular formula is C17H15N3. The van der Waals surface area contributed by atoms with E-state index in [1.54, 1.807) is 0 Å². The molecule has 3 nitrogen and oxygen atoms in total. The second-order valence-electron chi connectivity index (χ2n) is 4.69. The average Bonchev–Trinajstić information content (AvgIpc) is 2.54. The van der Waals surface area contributed by atoms with Gasteiger partial charge in [-0.1, -0.05) is 54.6 Å². The molecule has 0 fully saturated rings. The Morgan fingerprint density at radius 3 is 1.95 bits per heavy atom. The second-order valence-corrected chi connectivity index (χ2v) is 4.69. The summed E-state index contributed by atoms with van der Waals surface area (Å²) in [5.74, 6) is 0. The van der Waals surface area contributed by atoms with E-state index >= 15 is 0 Å². The number of nitrogens with two attached hydrogens (primary N) is 1. The van der Waals surface area contributed by atoms with Crippen LogP contribution >= 0.6 is 0 Å². The normalized spacial score (nSPS) is 10.6. The fourth-order valence-electron chi connectivity index (χ4n) is 2.16. The molecule has 0 unspecified atom stereocenters. The van der Waals surface area contributed by atoms with Crippen molar-refractivity contribution in [2.45, 2.75) is 18.4 Å². The Morgan fingerprint density at radius 2 is 1.45 bits per heavy atom. The molecule has 0 aliphatic rings. The van der Waals surface area contributed by atoms with E-state index in [0.717, 1.165) is 11.1 Å². The molecule has 0 radical (unpaired) electrons. The van der Waals surface area contributed by atoms with Gasteiger partial charge in [-0.05, 0) is 16.7 Å². The van der Waals surface area contributed by atoms with Crippen LogP contribution in [-0.2, 0) is 18.4 Å². The summed E-state index contributed by atoms with van der Waals surface area (Å²) in [4.78, 5) is 0. The van der Waals surface area contributed by atoms with Crippen LogP contribution in [0, 0.1) is 22.7 Å². The molecule has 0 aliphatic carbocycles. The molecule has 3 heteroatoms. The molecule has 0 atom stereocenters. The highest BCUT2D eigenvalue weighted by Crippen LogP contribution is 2.27. The quantitative estimate of drug-likeness (QED) is 0.919. The summed E-state index contributed by atoms with van der Waals surface area (Å²) in [5, 5.41) is 19.0. The maximum atomic E-state index is 9.52. The molecule has 0 amide bonds. The van der Waals surface area contributed by atoms with Gasteiger partial charge in [0.15, 0.2) is 5.41 Å². The van der Waals surface area contributed by atoms with E-state index < -0.39 is 5.41 Å². The number of nitrogens with zero attached hydrogens (tertiary/aromatic N) is 2. The third kappa shape index (κ3) is 2.69. The van der Waals surface area contributed by atoms with Gasteiger partial charge < -0.3 is 5.73 Å². The SMILES string of the molecule is N#CC(C#N)(Cc1ccccc1)c1ccc(CN)cc1. The lowest BCUT2D eigenvalue weighted by molar-refractivity contribution is 0.694. The molecule has 0 aliphatic heterocycles. The highest BCUT2D eigenvalue weighted by molar-refractivity contribution is 5.43. The average molecular weight is 261 g/mol. The van der Waals surface area contributed by atoms with Crippen molar-refractivity contribution in [1.29, 1.82) is 10.5 Å². The molecule has 20 heavy (non-hydrogen) atoms. The molecule has 0 saturated carbocycles. The largest absolute Gasteiger partial charge is 0.326 e. The molecule has 2 rings (SSSR count). The number of nitriles is 2. The van der Waals surface area contributed by atoms with E-state index in [4.69, 9.17) is 5.73 Å². The van der Waals surface area contributed by atoms with E-state index in [0.29, 0.717) is 18.5 Å². The van der Waals surface area contributed by atoms with E-state index in [2.05, 4.69) is 12.1 Å². The van der Waals surface area contributed by atoms with Crippen molar-refractivity contribution in [2.75, 3.05) is 0 Å². The molecule has 0 heterocycles. The van der Waals surface area contributed by atoms with Crippen molar-refractivity contribution >= 4 is 0 Å². The van der Waals surface area contributed by atoms with Crippen LogP contribution in [0.4, 0.5) is 0 Å². The third-order valence-corrected chi connectivity index (χ3v) is 3.38. The van der Waals surface area contributed by atoms with E-state index in [1.807, 2.05) is 54.6 Å². The first-order chi connectivity index (χ1) is 9.74. The number of benzene rings is 2. The maximum absolute atomic E-state index is 9.52. The zero-order valence-electron chi connectivity index (χ0n) is 11.1. The second kappa shape index (κ2) is 6.02. The van der Waals surface area contributed by atoms with Crippen molar-refractivity contribution in [3.05, 3.63) is 71.3 Å². The fourth-order valence-corrected chi connectivity index (χ4v) is 2.16. The first-order valence-electron chi connectivity index (χ1n) is 6.40. The van der Waals surface area contributed by atoms with Crippen LogP contribution in [0.15, 0.2) is 54.6 Å². The van der Waals surface area contributed by atoms with Crippen molar-refractivity contribution in [3.63, 3.8) is 0 Å². The molecule has 0 bridgehead atoms. The van der Waals surface area contributed by atoms with Crippen LogP contribution in [-0.4, -0.2) is 0 Å². The first kappa shape index (κ1) is 13.8. The van der Waals surface area contributed by atoms with Crippen molar-refractivity contribution in [2.24, 2.45) is 5.73 Å². The van der Waals surface area contributed by atoms with Crippen LogP contribution in [0.2, 0.25) is 0 Å². The Labute approximate surface area is 118 Å². The smallest absolute Gasteiger partial charge is 0.172 e. The van der Waals surface area contributed by atoms with Gasteiger partial charge in [-0.2, -0.15) is 10.5 Å². The molecular weight excluding hydrogens is 246 g/mol.